The number of thiophene rings is 1. The van der Waals surface area contributed by atoms with Crippen molar-refractivity contribution in [1.29, 1.82) is 0 Å². The van der Waals surface area contributed by atoms with Crippen molar-refractivity contribution in [2.24, 2.45) is 5.73 Å². The molecule has 0 amide bonds. The first-order valence-electron chi connectivity index (χ1n) is 10.7. The summed E-state index contributed by atoms with van der Waals surface area (Å²) in [6.07, 6.45) is 11.4. The number of nitrogens with two attached hydrogens (primary N) is 1. The Morgan fingerprint density at radius 3 is 2.68 bits per heavy atom. The predicted octanol–water partition coefficient (Wildman–Crippen LogP) is 6.81. The van der Waals surface area contributed by atoms with Crippen molar-refractivity contribution in [2.75, 3.05) is 0 Å². The predicted molar refractivity (Wildman–Crippen MR) is 144 cm³/mol. The van der Waals surface area contributed by atoms with Crippen LogP contribution in [0.3, 0.4) is 0 Å². The highest BCUT2D eigenvalue weighted by atomic mass is 35.5. The summed E-state index contributed by atoms with van der Waals surface area (Å²) in [5, 5.41) is 7.57. The first kappa shape index (κ1) is 23.5. The first-order valence-corrected chi connectivity index (χ1v) is 11.9. The van der Waals surface area contributed by atoms with Crippen LogP contribution in [-0.4, -0.2) is 25.1 Å². The lowest BCUT2D eigenvalue weighted by molar-refractivity contribution is 1.10. The van der Waals surface area contributed by atoms with Crippen molar-refractivity contribution < 1.29 is 0 Å². The van der Waals surface area contributed by atoms with Gasteiger partial charge in [0.1, 0.15) is 5.52 Å². The molecule has 0 spiro atoms. The van der Waals surface area contributed by atoms with Crippen LogP contribution in [0.4, 0.5) is 0 Å². The molecule has 0 fully saturated rings. The number of nitrogens with zero attached hydrogens (tertiary/aromatic N) is 3. The quantitative estimate of drug-likeness (QED) is 0.249. The van der Waals surface area contributed by atoms with E-state index in [1.165, 1.54) is 11.3 Å². The number of hydrogen-bond donors (Lipinski definition) is 3. The third-order valence-corrected chi connectivity index (χ3v) is 6.49. The van der Waals surface area contributed by atoms with E-state index in [9.17, 15) is 0 Å². The van der Waals surface area contributed by atoms with Gasteiger partial charge in [0.25, 0.3) is 0 Å². The van der Waals surface area contributed by atoms with Gasteiger partial charge in [0.15, 0.2) is 11.5 Å². The van der Waals surface area contributed by atoms with Crippen LogP contribution >= 0.6 is 22.9 Å². The van der Waals surface area contributed by atoms with Crippen molar-refractivity contribution in [3.8, 4) is 11.5 Å². The average Bonchev–Trinajstić information content (AvgIpc) is 3.55. The summed E-state index contributed by atoms with van der Waals surface area (Å²) in [5.74, 6) is 0.639. The van der Waals surface area contributed by atoms with Crippen LogP contribution in [0.5, 0.6) is 0 Å². The van der Waals surface area contributed by atoms with E-state index in [1.807, 2.05) is 75.4 Å². The Bertz CT molecular complexity index is 1480. The Morgan fingerprint density at radius 1 is 1.18 bits per heavy atom. The molecule has 0 unspecified atom stereocenters. The highest BCUT2D eigenvalue weighted by Crippen LogP contribution is 2.34. The topological polar surface area (TPSA) is 96.3 Å². The van der Waals surface area contributed by atoms with Gasteiger partial charge in [0.05, 0.1) is 21.2 Å². The molecule has 4 N–H and O–H groups in total. The van der Waals surface area contributed by atoms with Gasteiger partial charge in [-0.1, -0.05) is 42.5 Å². The Kier molecular flexibility index (Phi) is 6.95. The van der Waals surface area contributed by atoms with Crippen LogP contribution in [0, 0.1) is 6.92 Å². The van der Waals surface area contributed by atoms with Crippen molar-refractivity contribution in [1.82, 2.24) is 25.1 Å². The molecule has 4 heterocycles. The number of aromatic amines is 2. The lowest BCUT2D eigenvalue weighted by Crippen LogP contribution is -1.95. The van der Waals surface area contributed by atoms with Crippen LogP contribution in [0.15, 0.2) is 73.0 Å². The summed E-state index contributed by atoms with van der Waals surface area (Å²) in [6.45, 7) is 9.65. The molecular weight excluding hydrogens is 464 g/mol. The van der Waals surface area contributed by atoms with Gasteiger partial charge in [0, 0.05) is 21.8 Å². The van der Waals surface area contributed by atoms with E-state index in [4.69, 9.17) is 27.3 Å². The fourth-order valence-electron chi connectivity index (χ4n) is 3.53. The summed E-state index contributed by atoms with van der Waals surface area (Å²) in [5.41, 5.74) is 13.2. The third-order valence-electron chi connectivity index (χ3n) is 5.23. The van der Waals surface area contributed by atoms with E-state index in [0.717, 1.165) is 48.5 Å². The largest absolute Gasteiger partial charge is 0.399 e. The van der Waals surface area contributed by atoms with E-state index in [2.05, 4.69) is 21.8 Å². The minimum Gasteiger partial charge on any atom is -0.399 e. The van der Waals surface area contributed by atoms with Gasteiger partial charge in [-0.3, -0.25) is 5.10 Å². The van der Waals surface area contributed by atoms with Crippen LogP contribution in [0.25, 0.3) is 33.7 Å². The molecular formula is C26H25ClN6S. The number of aryl methyl sites for hydroxylation is 1. The van der Waals surface area contributed by atoms with E-state index in [0.29, 0.717) is 17.2 Å². The zero-order valence-electron chi connectivity index (χ0n) is 19.2. The molecule has 0 saturated carbocycles. The van der Waals surface area contributed by atoms with Crippen LogP contribution in [0.2, 0.25) is 4.34 Å². The zero-order valence-corrected chi connectivity index (χ0v) is 20.8. The molecule has 0 aliphatic rings. The van der Waals surface area contributed by atoms with Gasteiger partial charge < -0.3 is 10.7 Å². The molecule has 0 aliphatic carbocycles. The van der Waals surface area contributed by atoms with Crippen LogP contribution < -0.4 is 5.73 Å². The molecule has 4 rings (SSSR count). The molecule has 34 heavy (non-hydrogen) atoms. The number of aromatic nitrogens is 5. The van der Waals surface area contributed by atoms with Crippen molar-refractivity contribution >= 4 is 45.1 Å². The van der Waals surface area contributed by atoms with E-state index < -0.39 is 0 Å². The van der Waals surface area contributed by atoms with Gasteiger partial charge >= 0.3 is 0 Å². The lowest BCUT2D eigenvalue weighted by Gasteiger charge is -2.03. The highest BCUT2D eigenvalue weighted by Gasteiger charge is 2.19. The average molecular weight is 489 g/mol. The number of nitrogens with one attached hydrogen (secondary N) is 2. The SMILES string of the molecule is C=C/C(N)=C\C(=C/C)c1ccc2[nH]nc(-c3nc(/C(=C\C=C/C)c4ccc(Cl)s4)c(C)[nH]3)c2n1. The maximum atomic E-state index is 6.21. The molecule has 0 aromatic carbocycles. The summed E-state index contributed by atoms with van der Waals surface area (Å²) < 4.78 is 0.732. The van der Waals surface area contributed by atoms with Crippen molar-refractivity contribution in [2.45, 2.75) is 20.8 Å². The normalized spacial score (nSPS) is 13.4. The number of H-pyrrole nitrogens is 2. The summed E-state index contributed by atoms with van der Waals surface area (Å²) in [7, 11) is 0. The number of fused-ring (bicyclic) bond motifs is 1. The first-order chi connectivity index (χ1) is 16.4. The fraction of sp³-hybridized carbons (Fsp3) is 0.115. The molecule has 4 aromatic heterocycles. The van der Waals surface area contributed by atoms with Crippen molar-refractivity contribution in [3.63, 3.8) is 0 Å². The second-order valence-electron chi connectivity index (χ2n) is 7.53. The number of rotatable bonds is 7. The Hall–Kier alpha value is -3.68. The maximum Gasteiger partial charge on any atom is 0.161 e. The molecule has 0 saturated heterocycles. The van der Waals surface area contributed by atoms with Gasteiger partial charge in [-0.25, -0.2) is 9.97 Å². The summed E-state index contributed by atoms with van der Waals surface area (Å²) in [6, 6.07) is 7.79. The van der Waals surface area contributed by atoms with Gasteiger partial charge in [-0.15, -0.1) is 11.3 Å². The summed E-state index contributed by atoms with van der Waals surface area (Å²) in [4.78, 5) is 14.2. The smallest absolute Gasteiger partial charge is 0.161 e. The number of allylic oxidation sites excluding steroid dienone is 7. The second kappa shape index (κ2) is 10.1. The van der Waals surface area contributed by atoms with Gasteiger partial charge in [0.2, 0.25) is 0 Å². The Labute approximate surface area is 207 Å². The molecule has 6 nitrogen and oxygen atoms in total. The molecule has 0 bridgehead atoms. The molecule has 0 radical (unpaired) electrons. The minimum atomic E-state index is 0.572. The van der Waals surface area contributed by atoms with Crippen LogP contribution in [-0.2, 0) is 0 Å². The molecule has 8 heteroatoms. The standard InChI is InChI=1S/C26H25ClN6S/c1-5-8-9-18(21-12-13-22(27)34-21)23-15(4)29-26(31-23)25-24-20(32-33-25)11-10-19(30-24)16(6-2)14-17(28)7-3/h5-14H,3,28H2,1-2,4H3,(H,29,31)(H,32,33)/b8-5-,16-6+,17-14+,18-9-. The minimum absolute atomic E-state index is 0.572. The van der Waals surface area contributed by atoms with Crippen molar-refractivity contribution in [3.05, 3.63) is 99.3 Å². The molecule has 4 aromatic rings. The Morgan fingerprint density at radius 2 is 2.00 bits per heavy atom. The molecule has 0 aliphatic heterocycles. The number of pyridine rings is 1. The number of halogens is 1. The number of hydrogen-bond acceptors (Lipinski definition) is 5. The molecule has 0 atom stereocenters. The third kappa shape index (κ3) is 4.66. The van der Waals surface area contributed by atoms with Crippen LogP contribution in [0.1, 0.15) is 35.8 Å². The second-order valence-corrected chi connectivity index (χ2v) is 9.24. The maximum absolute atomic E-state index is 6.21. The highest BCUT2D eigenvalue weighted by molar-refractivity contribution is 7.17. The van der Waals surface area contributed by atoms with Gasteiger partial charge in [-0.05, 0) is 62.8 Å². The summed E-state index contributed by atoms with van der Waals surface area (Å²) >= 11 is 7.73. The van der Waals surface area contributed by atoms with E-state index >= 15 is 0 Å². The lowest BCUT2D eigenvalue weighted by atomic mass is 10.1. The fourth-order valence-corrected chi connectivity index (χ4v) is 4.60. The monoisotopic (exact) mass is 488 g/mol. The Balaban J connectivity index is 1.81. The molecule has 172 valence electrons. The number of imidazole rings is 1. The van der Waals surface area contributed by atoms with E-state index in [1.54, 1.807) is 6.08 Å². The van der Waals surface area contributed by atoms with E-state index in [-0.39, 0.29) is 0 Å². The van der Waals surface area contributed by atoms with Gasteiger partial charge in [-0.2, -0.15) is 5.10 Å². The zero-order chi connectivity index (χ0) is 24.2.